The molecule has 0 aliphatic carbocycles. The van der Waals surface area contributed by atoms with Crippen LogP contribution in [-0.4, -0.2) is 17.6 Å². The second-order valence-electron chi connectivity index (χ2n) is 5.24. The molecule has 0 bridgehead atoms. The third kappa shape index (κ3) is 5.42. The molecular formula is C18H17FN2O4. The van der Waals surface area contributed by atoms with E-state index in [2.05, 4.69) is 5.32 Å². The molecule has 1 amide bonds. The normalized spacial score (nSPS) is 10.6. The van der Waals surface area contributed by atoms with Gasteiger partial charge in [-0.1, -0.05) is 42.5 Å². The highest BCUT2D eigenvalue weighted by molar-refractivity contribution is 5.68. The van der Waals surface area contributed by atoms with Gasteiger partial charge in [0.05, 0.1) is 11.0 Å². The molecule has 6 nitrogen and oxygen atoms in total. The van der Waals surface area contributed by atoms with Crippen molar-refractivity contribution < 1.29 is 18.8 Å². The molecule has 1 N–H and O–H groups in total. The first-order valence-corrected chi connectivity index (χ1v) is 7.53. The Bertz CT molecular complexity index is 791. The minimum atomic E-state index is -0.688. The number of ether oxygens (including phenoxy) is 1. The van der Waals surface area contributed by atoms with Gasteiger partial charge in [-0.05, 0) is 24.1 Å². The molecule has 0 fully saturated rings. The molecule has 130 valence electrons. The van der Waals surface area contributed by atoms with Crippen LogP contribution in [0.3, 0.4) is 0 Å². The molecule has 0 spiro atoms. The van der Waals surface area contributed by atoms with Crippen molar-refractivity contribution in [2.24, 2.45) is 0 Å². The van der Waals surface area contributed by atoms with E-state index in [-0.39, 0.29) is 18.8 Å². The lowest BCUT2D eigenvalue weighted by Gasteiger charge is -2.05. The number of nitro benzene ring substituents is 1. The van der Waals surface area contributed by atoms with Crippen LogP contribution >= 0.6 is 0 Å². The lowest BCUT2D eigenvalue weighted by Crippen LogP contribution is -2.24. The Labute approximate surface area is 144 Å². The van der Waals surface area contributed by atoms with Gasteiger partial charge in [-0.25, -0.2) is 9.18 Å². The van der Waals surface area contributed by atoms with Gasteiger partial charge in [0.1, 0.15) is 12.4 Å². The summed E-state index contributed by atoms with van der Waals surface area (Å²) in [5.74, 6) is -0.688. The average molecular weight is 344 g/mol. The fourth-order valence-corrected chi connectivity index (χ4v) is 2.15. The van der Waals surface area contributed by atoms with Crippen molar-refractivity contribution in [3.05, 3.63) is 81.2 Å². The molecule has 0 aliphatic rings. The summed E-state index contributed by atoms with van der Waals surface area (Å²) in [6.45, 7) is 1.85. The topological polar surface area (TPSA) is 81.5 Å². The summed E-state index contributed by atoms with van der Waals surface area (Å²) >= 11 is 0. The zero-order valence-corrected chi connectivity index (χ0v) is 13.6. The largest absolute Gasteiger partial charge is 0.445 e. The Morgan fingerprint density at radius 1 is 1.32 bits per heavy atom. The number of hydrogen-bond donors (Lipinski definition) is 1. The molecule has 0 saturated heterocycles. The number of hydrogen-bond acceptors (Lipinski definition) is 4. The van der Waals surface area contributed by atoms with Gasteiger partial charge in [0.25, 0.3) is 5.69 Å². The van der Waals surface area contributed by atoms with Crippen LogP contribution in [0.1, 0.15) is 16.7 Å². The minimum Gasteiger partial charge on any atom is -0.445 e. The number of carbonyl (C=O) groups is 1. The van der Waals surface area contributed by atoms with Gasteiger partial charge in [0.15, 0.2) is 0 Å². The van der Waals surface area contributed by atoms with Crippen LogP contribution in [0, 0.1) is 22.9 Å². The molecule has 0 heterocycles. The first-order valence-electron chi connectivity index (χ1n) is 7.53. The van der Waals surface area contributed by atoms with Crippen LogP contribution in [0.2, 0.25) is 0 Å². The van der Waals surface area contributed by atoms with Gasteiger partial charge in [0.2, 0.25) is 0 Å². The van der Waals surface area contributed by atoms with Gasteiger partial charge >= 0.3 is 6.09 Å². The van der Waals surface area contributed by atoms with E-state index in [1.807, 2.05) is 30.3 Å². The Balaban J connectivity index is 1.87. The Morgan fingerprint density at radius 2 is 2.04 bits per heavy atom. The summed E-state index contributed by atoms with van der Waals surface area (Å²) in [6.07, 6.45) is 2.49. The Morgan fingerprint density at radius 3 is 2.72 bits per heavy atom. The van der Waals surface area contributed by atoms with Gasteiger partial charge in [-0.3, -0.25) is 10.1 Å². The monoisotopic (exact) mass is 344 g/mol. The number of rotatable bonds is 6. The molecule has 2 rings (SSSR count). The number of benzene rings is 2. The lowest BCUT2D eigenvalue weighted by atomic mass is 10.1. The first kappa shape index (κ1) is 18.1. The van der Waals surface area contributed by atoms with Gasteiger partial charge in [-0.2, -0.15) is 0 Å². The van der Waals surface area contributed by atoms with E-state index in [9.17, 15) is 19.3 Å². The lowest BCUT2D eigenvalue weighted by molar-refractivity contribution is -0.385. The molecule has 2 aromatic carbocycles. The second-order valence-corrected chi connectivity index (χ2v) is 5.24. The van der Waals surface area contributed by atoms with Gasteiger partial charge in [-0.15, -0.1) is 0 Å². The summed E-state index contributed by atoms with van der Waals surface area (Å²) in [5, 5.41) is 13.4. The van der Waals surface area contributed by atoms with E-state index >= 15 is 0 Å². The molecular weight excluding hydrogens is 327 g/mol. The number of nitrogens with one attached hydrogen (secondary N) is 1. The van der Waals surface area contributed by atoms with Crippen LogP contribution in [0.25, 0.3) is 6.08 Å². The van der Waals surface area contributed by atoms with Crippen molar-refractivity contribution in [2.45, 2.75) is 13.5 Å². The Hall–Kier alpha value is -3.22. The maximum absolute atomic E-state index is 13.4. The molecule has 0 atom stereocenters. The third-order valence-corrected chi connectivity index (χ3v) is 3.46. The van der Waals surface area contributed by atoms with Crippen LogP contribution < -0.4 is 5.32 Å². The highest BCUT2D eigenvalue weighted by Gasteiger charge is 2.14. The average Bonchev–Trinajstić information content (AvgIpc) is 2.60. The van der Waals surface area contributed by atoms with Crippen molar-refractivity contribution in [3.8, 4) is 0 Å². The number of nitro groups is 1. The molecule has 0 aromatic heterocycles. The van der Waals surface area contributed by atoms with Crippen LogP contribution in [0.5, 0.6) is 0 Å². The fourth-order valence-electron chi connectivity index (χ4n) is 2.15. The van der Waals surface area contributed by atoms with E-state index in [0.717, 1.165) is 11.6 Å². The number of carbonyl (C=O) groups excluding carboxylic acids is 1. The van der Waals surface area contributed by atoms with Crippen molar-refractivity contribution in [1.82, 2.24) is 5.32 Å². The van der Waals surface area contributed by atoms with Crippen LogP contribution in [0.15, 0.2) is 48.5 Å². The van der Waals surface area contributed by atoms with E-state index in [1.165, 1.54) is 12.1 Å². The summed E-state index contributed by atoms with van der Waals surface area (Å²) in [6, 6.07) is 11.3. The number of alkyl carbamates (subject to hydrolysis) is 1. The standard InChI is InChI=1S/C18H17FN2O4/c1-13-15(10-16(19)11-17(13)21(23)24)8-5-9-20-18(22)25-12-14-6-3-2-4-7-14/h2-8,10-11H,9,12H2,1H3,(H,20,22). The van der Waals surface area contributed by atoms with E-state index < -0.39 is 16.8 Å². The maximum atomic E-state index is 13.4. The first-order chi connectivity index (χ1) is 12.0. The van der Waals surface area contributed by atoms with Crippen LogP contribution in [0.4, 0.5) is 14.9 Å². The van der Waals surface area contributed by atoms with E-state index in [0.29, 0.717) is 11.1 Å². The molecule has 0 unspecified atom stereocenters. The van der Waals surface area contributed by atoms with Crippen molar-refractivity contribution in [1.29, 1.82) is 0 Å². The minimum absolute atomic E-state index is 0.150. The fraction of sp³-hybridized carbons (Fsp3) is 0.167. The molecule has 7 heteroatoms. The third-order valence-electron chi connectivity index (χ3n) is 3.46. The summed E-state index contributed by atoms with van der Waals surface area (Å²) in [7, 11) is 0. The maximum Gasteiger partial charge on any atom is 0.407 e. The molecule has 0 aliphatic heterocycles. The zero-order chi connectivity index (χ0) is 18.2. The van der Waals surface area contributed by atoms with E-state index in [4.69, 9.17) is 4.74 Å². The highest BCUT2D eigenvalue weighted by Crippen LogP contribution is 2.24. The molecule has 2 aromatic rings. The predicted molar refractivity (Wildman–Crippen MR) is 91.5 cm³/mol. The smallest absolute Gasteiger partial charge is 0.407 e. The van der Waals surface area contributed by atoms with Crippen molar-refractivity contribution in [2.75, 3.05) is 6.54 Å². The van der Waals surface area contributed by atoms with E-state index in [1.54, 1.807) is 13.0 Å². The highest BCUT2D eigenvalue weighted by atomic mass is 19.1. The Kier molecular flexibility index (Phi) is 6.22. The summed E-state index contributed by atoms with van der Waals surface area (Å²) in [5.41, 5.74) is 1.33. The number of amides is 1. The summed E-state index contributed by atoms with van der Waals surface area (Å²) in [4.78, 5) is 21.8. The van der Waals surface area contributed by atoms with Gasteiger partial charge < -0.3 is 10.1 Å². The predicted octanol–water partition coefficient (Wildman–Crippen LogP) is 3.98. The van der Waals surface area contributed by atoms with Crippen molar-refractivity contribution >= 4 is 17.9 Å². The zero-order valence-electron chi connectivity index (χ0n) is 13.6. The van der Waals surface area contributed by atoms with Crippen molar-refractivity contribution in [3.63, 3.8) is 0 Å². The number of nitrogens with zero attached hydrogens (tertiary/aromatic N) is 1. The van der Waals surface area contributed by atoms with Gasteiger partial charge in [0, 0.05) is 12.1 Å². The SMILES string of the molecule is Cc1c(C=CCNC(=O)OCc2ccccc2)cc(F)cc1[N+](=O)[O-]. The second kappa shape index (κ2) is 8.58. The molecule has 0 radical (unpaired) electrons. The van der Waals surface area contributed by atoms with Crippen LogP contribution in [-0.2, 0) is 11.3 Å². The summed E-state index contributed by atoms with van der Waals surface area (Å²) < 4.78 is 18.5. The quantitative estimate of drug-likeness (QED) is 0.635. The molecule has 25 heavy (non-hydrogen) atoms. The molecule has 0 saturated carbocycles. The number of halogens is 1.